The minimum absolute atomic E-state index is 0.582. The Hall–Kier alpha value is -0.300. The van der Waals surface area contributed by atoms with Gasteiger partial charge in [-0.05, 0) is 82.0 Å². The third-order valence-electron chi connectivity index (χ3n) is 6.16. The third kappa shape index (κ3) is 7.42. The Morgan fingerprint density at radius 3 is 2.00 bits per heavy atom. The van der Waals surface area contributed by atoms with Crippen LogP contribution in [0.25, 0.3) is 0 Å². The quantitative estimate of drug-likeness (QED) is 0.331. The first-order valence-corrected chi connectivity index (χ1v) is 10.6. The molecule has 2 saturated carbocycles. The van der Waals surface area contributed by atoms with Gasteiger partial charge in [0.25, 0.3) is 0 Å². The molecule has 0 bridgehead atoms. The fourth-order valence-corrected chi connectivity index (χ4v) is 4.45. The summed E-state index contributed by atoms with van der Waals surface area (Å²) < 4.78 is 6.00. The highest BCUT2D eigenvalue weighted by Gasteiger charge is 2.24. The normalized spacial score (nSPS) is 32.4. The van der Waals surface area contributed by atoms with E-state index < -0.39 is 0 Å². The molecule has 1 heteroatoms. The van der Waals surface area contributed by atoms with E-state index in [2.05, 4.69) is 26.0 Å². The van der Waals surface area contributed by atoms with Crippen molar-refractivity contribution >= 4 is 0 Å². The number of allylic oxidation sites excluding steroid dienone is 2. The first-order valence-electron chi connectivity index (χ1n) is 10.6. The van der Waals surface area contributed by atoms with E-state index in [-0.39, 0.29) is 0 Å². The molecule has 0 N–H and O–H groups in total. The maximum Gasteiger partial charge on any atom is 0.0575 e. The highest BCUT2D eigenvalue weighted by Crippen LogP contribution is 2.36. The molecule has 1 nitrogen and oxygen atoms in total. The summed E-state index contributed by atoms with van der Waals surface area (Å²) in [6.45, 7) is 5.47. The Morgan fingerprint density at radius 2 is 1.43 bits per heavy atom. The van der Waals surface area contributed by atoms with E-state index >= 15 is 0 Å². The van der Waals surface area contributed by atoms with Crippen LogP contribution in [0.3, 0.4) is 0 Å². The molecule has 134 valence electrons. The zero-order valence-electron chi connectivity index (χ0n) is 15.8. The summed E-state index contributed by atoms with van der Waals surface area (Å²) in [6, 6.07) is 0. The molecule has 2 aliphatic rings. The predicted molar refractivity (Wildman–Crippen MR) is 101 cm³/mol. The van der Waals surface area contributed by atoms with E-state index in [9.17, 15) is 0 Å². The zero-order valence-corrected chi connectivity index (χ0v) is 15.8. The lowest BCUT2D eigenvalue weighted by Gasteiger charge is -2.31. The summed E-state index contributed by atoms with van der Waals surface area (Å²) in [5.74, 6) is 2.92. The van der Waals surface area contributed by atoms with Gasteiger partial charge in [-0.15, -0.1) is 0 Å². The number of unbranched alkanes of at least 4 members (excludes halogenated alkanes) is 1. The van der Waals surface area contributed by atoms with Crippen LogP contribution in [0, 0.1) is 17.8 Å². The van der Waals surface area contributed by atoms with Crippen LogP contribution in [0.2, 0.25) is 0 Å². The third-order valence-corrected chi connectivity index (χ3v) is 6.16. The maximum atomic E-state index is 6.00. The van der Waals surface area contributed by atoms with Gasteiger partial charge in [-0.3, -0.25) is 0 Å². The molecular weight excluding hydrogens is 280 g/mol. The number of rotatable bonds is 9. The van der Waals surface area contributed by atoms with Crippen molar-refractivity contribution in [3.05, 3.63) is 12.2 Å². The lowest BCUT2D eigenvalue weighted by atomic mass is 9.77. The first-order chi connectivity index (χ1) is 11.3. The fraction of sp³-hybridized carbons (Fsp3) is 0.909. The van der Waals surface area contributed by atoms with Crippen molar-refractivity contribution in [3.8, 4) is 0 Å². The molecule has 0 radical (unpaired) electrons. The van der Waals surface area contributed by atoms with Crippen molar-refractivity contribution in [1.29, 1.82) is 0 Å². The van der Waals surface area contributed by atoms with Crippen LogP contribution < -0.4 is 0 Å². The zero-order chi connectivity index (χ0) is 16.3. The molecule has 0 unspecified atom stereocenters. The molecule has 0 saturated heterocycles. The molecule has 0 heterocycles. The largest absolute Gasteiger partial charge is 0.378 e. The lowest BCUT2D eigenvalue weighted by molar-refractivity contribution is 0.0151. The van der Waals surface area contributed by atoms with Crippen molar-refractivity contribution in [2.75, 3.05) is 6.61 Å². The highest BCUT2D eigenvalue weighted by molar-refractivity contribution is 4.90. The van der Waals surface area contributed by atoms with Crippen molar-refractivity contribution in [2.24, 2.45) is 17.8 Å². The molecule has 2 rings (SSSR count). The summed E-state index contributed by atoms with van der Waals surface area (Å²) in [7, 11) is 0. The standard InChI is InChI=1S/C22H40O/c1-3-5-7-19-8-10-20(11-9-19)12-13-21-14-16-22(17-15-21)23-18-6-4-2/h5,7,19-22H,3-4,6,8-18H2,1-2H3/b7-5+/t19-,20-,21-,22-. The van der Waals surface area contributed by atoms with E-state index in [0.29, 0.717) is 6.10 Å². The van der Waals surface area contributed by atoms with Crippen LogP contribution in [0.15, 0.2) is 12.2 Å². The van der Waals surface area contributed by atoms with Gasteiger partial charge in [0.15, 0.2) is 0 Å². The summed E-state index contributed by atoms with van der Waals surface area (Å²) in [6.07, 6.45) is 23.4. The number of hydrogen-bond acceptors (Lipinski definition) is 1. The Labute approximate surface area is 145 Å². The second kappa shape index (κ2) is 11.3. The average molecular weight is 321 g/mol. The first kappa shape index (κ1) is 19.0. The van der Waals surface area contributed by atoms with E-state index in [1.165, 1.54) is 83.5 Å². The lowest BCUT2D eigenvalue weighted by Crippen LogP contribution is -2.23. The minimum atomic E-state index is 0.582. The van der Waals surface area contributed by atoms with Crippen molar-refractivity contribution in [1.82, 2.24) is 0 Å². The molecule has 0 aromatic rings. The molecule has 0 atom stereocenters. The maximum absolute atomic E-state index is 6.00. The van der Waals surface area contributed by atoms with E-state index in [1.807, 2.05) is 0 Å². The highest BCUT2D eigenvalue weighted by atomic mass is 16.5. The molecule has 2 aliphatic carbocycles. The molecular formula is C22H40O. The van der Waals surface area contributed by atoms with Gasteiger partial charge in [-0.2, -0.15) is 0 Å². The number of hydrogen-bond donors (Lipinski definition) is 0. The van der Waals surface area contributed by atoms with Crippen LogP contribution in [-0.4, -0.2) is 12.7 Å². The smallest absolute Gasteiger partial charge is 0.0575 e. The number of ether oxygens (including phenoxy) is 1. The summed E-state index contributed by atoms with van der Waals surface area (Å²) >= 11 is 0. The van der Waals surface area contributed by atoms with Gasteiger partial charge in [0.05, 0.1) is 6.10 Å². The van der Waals surface area contributed by atoms with Crippen LogP contribution in [0.5, 0.6) is 0 Å². The van der Waals surface area contributed by atoms with Gasteiger partial charge in [0.1, 0.15) is 0 Å². The molecule has 23 heavy (non-hydrogen) atoms. The topological polar surface area (TPSA) is 9.23 Å². The average Bonchev–Trinajstić information content (AvgIpc) is 2.60. The van der Waals surface area contributed by atoms with Crippen molar-refractivity contribution in [2.45, 2.75) is 103 Å². The van der Waals surface area contributed by atoms with Crippen LogP contribution in [-0.2, 0) is 4.74 Å². The molecule has 0 spiro atoms. The second-order valence-electron chi connectivity index (χ2n) is 8.06. The molecule has 2 fully saturated rings. The summed E-state index contributed by atoms with van der Waals surface area (Å²) in [4.78, 5) is 0. The Morgan fingerprint density at radius 1 is 0.826 bits per heavy atom. The second-order valence-corrected chi connectivity index (χ2v) is 8.06. The molecule has 0 aromatic heterocycles. The van der Waals surface area contributed by atoms with Crippen molar-refractivity contribution in [3.63, 3.8) is 0 Å². The van der Waals surface area contributed by atoms with Gasteiger partial charge in [0, 0.05) is 6.61 Å². The Bertz CT molecular complexity index is 306. The minimum Gasteiger partial charge on any atom is -0.378 e. The SMILES string of the molecule is CC/C=C/[C@H]1CC[C@H](CC[C@H]2CC[C@H](OCCCC)CC2)CC1. The van der Waals surface area contributed by atoms with Crippen LogP contribution in [0.4, 0.5) is 0 Å². The molecule has 0 amide bonds. The summed E-state index contributed by atoms with van der Waals surface area (Å²) in [5.41, 5.74) is 0. The van der Waals surface area contributed by atoms with Gasteiger partial charge in [-0.1, -0.05) is 45.3 Å². The van der Waals surface area contributed by atoms with Gasteiger partial charge in [0.2, 0.25) is 0 Å². The predicted octanol–water partition coefficient (Wildman–Crippen LogP) is 6.91. The van der Waals surface area contributed by atoms with E-state index in [1.54, 1.807) is 0 Å². The Kier molecular flexibility index (Phi) is 9.34. The van der Waals surface area contributed by atoms with E-state index in [4.69, 9.17) is 4.74 Å². The monoisotopic (exact) mass is 320 g/mol. The van der Waals surface area contributed by atoms with Crippen LogP contribution >= 0.6 is 0 Å². The molecule has 0 aromatic carbocycles. The van der Waals surface area contributed by atoms with Gasteiger partial charge in [-0.25, -0.2) is 0 Å². The van der Waals surface area contributed by atoms with Crippen molar-refractivity contribution < 1.29 is 4.74 Å². The van der Waals surface area contributed by atoms with Gasteiger partial charge >= 0.3 is 0 Å². The summed E-state index contributed by atoms with van der Waals surface area (Å²) in [5, 5.41) is 0. The van der Waals surface area contributed by atoms with E-state index in [0.717, 1.165) is 24.4 Å². The Balaban J connectivity index is 1.53. The molecule has 0 aliphatic heterocycles. The van der Waals surface area contributed by atoms with Gasteiger partial charge < -0.3 is 4.74 Å². The fourth-order valence-electron chi connectivity index (χ4n) is 4.45. The van der Waals surface area contributed by atoms with Crippen LogP contribution in [0.1, 0.15) is 97.3 Å².